The zero-order valence-corrected chi connectivity index (χ0v) is 19.2. The molecule has 0 bridgehead atoms. The lowest BCUT2D eigenvalue weighted by Gasteiger charge is -2.17. The molecule has 1 atom stereocenters. The number of hydrogen-bond donors (Lipinski definition) is 0. The molecule has 3 aromatic carbocycles. The molecule has 1 aliphatic carbocycles. The van der Waals surface area contributed by atoms with E-state index in [1.165, 1.54) is 60.9 Å². The Morgan fingerprint density at radius 3 is 2.10 bits per heavy atom. The first kappa shape index (κ1) is 20.3. The third kappa shape index (κ3) is 3.33. The zero-order chi connectivity index (χ0) is 21.6. The quantitative estimate of drug-likeness (QED) is 0.397. The van der Waals surface area contributed by atoms with E-state index in [1.54, 1.807) is 0 Å². The molecule has 1 aliphatic rings. The summed E-state index contributed by atoms with van der Waals surface area (Å²) in [6.07, 6.45) is 2.10. The lowest BCUT2D eigenvalue weighted by molar-refractivity contribution is 0.895. The van der Waals surface area contributed by atoms with Gasteiger partial charge >= 0.3 is 0 Å². The minimum atomic E-state index is 0.432. The van der Waals surface area contributed by atoms with E-state index < -0.39 is 0 Å². The fourth-order valence-electron chi connectivity index (χ4n) is 4.97. The molecule has 0 aromatic heterocycles. The second-order valence-electron chi connectivity index (χ2n) is 8.82. The highest BCUT2D eigenvalue weighted by atomic mass is 14.7. The van der Waals surface area contributed by atoms with Crippen molar-refractivity contribution in [1.29, 1.82) is 0 Å². The molecule has 0 spiro atoms. The molecule has 0 radical (unpaired) electrons. The highest BCUT2D eigenvalue weighted by Crippen LogP contribution is 2.44. The highest BCUT2D eigenvalue weighted by molar-refractivity contribution is 6.06. The second-order valence-corrected chi connectivity index (χ2v) is 8.82. The Labute approximate surface area is 180 Å². The standard InChI is InChI=1S/C29H31N/c1-17-14-18(2)29(19(3)15-17)30-16-27-25-11-9-8-10-24(25)12-13-26(27)28-22(6)20(4)21(5)23(28)7/h8-16,22H,1-7H3. The number of aliphatic imine (C=N–C) groups is 1. The van der Waals surface area contributed by atoms with E-state index >= 15 is 0 Å². The summed E-state index contributed by atoms with van der Waals surface area (Å²) in [5.74, 6) is 0.432. The summed E-state index contributed by atoms with van der Waals surface area (Å²) >= 11 is 0. The van der Waals surface area contributed by atoms with Crippen LogP contribution < -0.4 is 0 Å². The van der Waals surface area contributed by atoms with Crippen LogP contribution in [0.25, 0.3) is 16.3 Å². The number of hydrogen-bond acceptors (Lipinski definition) is 1. The molecule has 4 rings (SSSR count). The van der Waals surface area contributed by atoms with Gasteiger partial charge in [-0.25, -0.2) is 0 Å². The summed E-state index contributed by atoms with van der Waals surface area (Å²) in [7, 11) is 0. The predicted octanol–water partition coefficient (Wildman–Crippen LogP) is 8.28. The average Bonchev–Trinajstić information content (AvgIpc) is 2.90. The fourth-order valence-corrected chi connectivity index (χ4v) is 4.97. The molecular weight excluding hydrogens is 362 g/mol. The van der Waals surface area contributed by atoms with Gasteiger partial charge in [0.15, 0.2) is 0 Å². The topological polar surface area (TPSA) is 12.4 Å². The maximum Gasteiger partial charge on any atom is 0.0688 e. The highest BCUT2D eigenvalue weighted by Gasteiger charge is 2.26. The largest absolute Gasteiger partial charge is 0.256 e. The molecule has 1 heteroatoms. The molecular formula is C29H31N. The molecule has 0 saturated heterocycles. The number of rotatable bonds is 3. The van der Waals surface area contributed by atoms with E-state index in [0.717, 1.165) is 5.69 Å². The van der Waals surface area contributed by atoms with E-state index in [1.807, 2.05) is 0 Å². The normalized spacial score (nSPS) is 17.1. The van der Waals surface area contributed by atoms with Crippen LogP contribution in [0, 0.1) is 26.7 Å². The smallest absolute Gasteiger partial charge is 0.0688 e. The van der Waals surface area contributed by atoms with Gasteiger partial charge in [-0.15, -0.1) is 0 Å². The molecule has 30 heavy (non-hydrogen) atoms. The maximum absolute atomic E-state index is 5.03. The molecule has 1 nitrogen and oxygen atoms in total. The van der Waals surface area contributed by atoms with Gasteiger partial charge in [0.05, 0.1) is 5.69 Å². The van der Waals surface area contributed by atoms with Gasteiger partial charge in [0.1, 0.15) is 0 Å². The SMILES string of the molecule is CC1=C(C)C(C)C(c2ccc3ccccc3c2C=Nc2c(C)cc(C)cc2C)=C1C. The Bertz CT molecular complexity index is 1230. The molecule has 0 heterocycles. The predicted molar refractivity (Wildman–Crippen MR) is 132 cm³/mol. The molecule has 0 N–H and O–H groups in total. The van der Waals surface area contributed by atoms with Crippen molar-refractivity contribution >= 4 is 28.2 Å². The molecule has 0 saturated carbocycles. The van der Waals surface area contributed by atoms with Crippen molar-refractivity contribution in [3.05, 3.63) is 93.1 Å². The van der Waals surface area contributed by atoms with Crippen molar-refractivity contribution in [3.8, 4) is 0 Å². The van der Waals surface area contributed by atoms with Crippen molar-refractivity contribution in [2.75, 3.05) is 0 Å². The van der Waals surface area contributed by atoms with Crippen molar-refractivity contribution in [3.63, 3.8) is 0 Å². The van der Waals surface area contributed by atoms with Crippen LogP contribution in [0.2, 0.25) is 0 Å². The first-order chi connectivity index (χ1) is 14.3. The van der Waals surface area contributed by atoms with Crippen LogP contribution in [0.1, 0.15) is 55.5 Å². The molecule has 0 aliphatic heterocycles. The van der Waals surface area contributed by atoms with Gasteiger partial charge < -0.3 is 0 Å². The summed E-state index contributed by atoms with van der Waals surface area (Å²) < 4.78 is 0. The van der Waals surface area contributed by atoms with Gasteiger partial charge in [0.25, 0.3) is 0 Å². The third-order valence-corrected chi connectivity index (χ3v) is 6.86. The van der Waals surface area contributed by atoms with Crippen molar-refractivity contribution in [1.82, 2.24) is 0 Å². The van der Waals surface area contributed by atoms with Crippen LogP contribution in [0.3, 0.4) is 0 Å². The first-order valence-electron chi connectivity index (χ1n) is 10.8. The summed E-state index contributed by atoms with van der Waals surface area (Å²) in [5.41, 5.74) is 13.1. The average molecular weight is 394 g/mol. The van der Waals surface area contributed by atoms with Crippen molar-refractivity contribution < 1.29 is 0 Å². The second kappa shape index (κ2) is 7.72. The van der Waals surface area contributed by atoms with Crippen LogP contribution in [0.15, 0.2) is 70.2 Å². The van der Waals surface area contributed by atoms with E-state index in [9.17, 15) is 0 Å². The Kier molecular flexibility index (Phi) is 5.24. The van der Waals surface area contributed by atoms with E-state index in [0.29, 0.717) is 5.92 Å². The lowest BCUT2D eigenvalue weighted by atomic mass is 9.87. The van der Waals surface area contributed by atoms with Crippen LogP contribution in [-0.2, 0) is 0 Å². The van der Waals surface area contributed by atoms with Crippen molar-refractivity contribution in [2.45, 2.75) is 48.5 Å². The van der Waals surface area contributed by atoms with Crippen LogP contribution in [0.5, 0.6) is 0 Å². The number of allylic oxidation sites excluding steroid dienone is 4. The van der Waals surface area contributed by atoms with Gasteiger partial charge in [0, 0.05) is 17.7 Å². The minimum absolute atomic E-state index is 0.432. The van der Waals surface area contributed by atoms with Crippen LogP contribution in [-0.4, -0.2) is 6.21 Å². The Hall–Kier alpha value is -2.93. The monoisotopic (exact) mass is 393 g/mol. The summed E-state index contributed by atoms with van der Waals surface area (Å²) in [5, 5.41) is 2.52. The maximum atomic E-state index is 5.03. The van der Waals surface area contributed by atoms with Gasteiger partial charge in [-0.05, 0) is 85.7 Å². The summed E-state index contributed by atoms with van der Waals surface area (Å²) in [4.78, 5) is 5.03. The molecule has 3 aromatic rings. The number of fused-ring (bicyclic) bond motifs is 1. The Balaban J connectivity index is 1.95. The van der Waals surface area contributed by atoms with Gasteiger partial charge in [0.2, 0.25) is 0 Å². The first-order valence-corrected chi connectivity index (χ1v) is 10.8. The fraction of sp³-hybridized carbons (Fsp3) is 0.276. The summed E-state index contributed by atoms with van der Waals surface area (Å²) in [6.45, 7) is 15.6. The Morgan fingerprint density at radius 1 is 0.800 bits per heavy atom. The molecule has 1 unspecified atom stereocenters. The molecule has 0 fully saturated rings. The number of aryl methyl sites for hydroxylation is 3. The number of nitrogens with zero attached hydrogens (tertiary/aromatic N) is 1. The summed E-state index contributed by atoms with van der Waals surface area (Å²) in [6, 6.07) is 17.6. The van der Waals surface area contributed by atoms with Crippen molar-refractivity contribution in [2.24, 2.45) is 10.9 Å². The zero-order valence-electron chi connectivity index (χ0n) is 19.2. The van der Waals surface area contributed by atoms with Crippen LogP contribution >= 0.6 is 0 Å². The minimum Gasteiger partial charge on any atom is -0.256 e. The third-order valence-electron chi connectivity index (χ3n) is 6.86. The van der Waals surface area contributed by atoms with Gasteiger partial charge in [-0.3, -0.25) is 4.99 Å². The number of benzene rings is 3. The molecule has 152 valence electrons. The van der Waals surface area contributed by atoms with Gasteiger partial charge in [-0.1, -0.05) is 66.6 Å². The Morgan fingerprint density at radius 2 is 1.47 bits per heavy atom. The van der Waals surface area contributed by atoms with Crippen LogP contribution in [0.4, 0.5) is 5.69 Å². The van der Waals surface area contributed by atoms with E-state index in [-0.39, 0.29) is 0 Å². The molecule has 0 amide bonds. The lowest BCUT2D eigenvalue weighted by Crippen LogP contribution is -2.02. The van der Waals surface area contributed by atoms with Gasteiger partial charge in [-0.2, -0.15) is 0 Å². The van der Waals surface area contributed by atoms with E-state index in [2.05, 4.69) is 103 Å². The van der Waals surface area contributed by atoms with E-state index in [4.69, 9.17) is 4.99 Å².